The maximum Gasteiger partial charge on any atom is 0.255 e. The second-order valence-electron chi connectivity index (χ2n) is 6.75. The van der Waals surface area contributed by atoms with Crippen LogP contribution in [-0.4, -0.2) is 55.3 Å². The number of pyridine rings is 1. The van der Waals surface area contributed by atoms with Crippen LogP contribution in [0.25, 0.3) is 0 Å². The van der Waals surface area contributed by atoms with Crippen molar-refractivity contribution < 1.29 is 9.53 Å². The molecule has 0 aliphatic carbocycles. The summed E-state index contributed by atoms with van der Waals surface area (Å²) in [7, 11) is 0. The Kier molecular flexibility index (Phi) is 4.18. The number of fused-ring (bicyclic) bond motifs is 2. The number of ether oxygens (including phenoxy) is 1. The van der Waals surface area contributed by atoms with E-state index in [1.54, 1.807) is 6.20 Å². The van der Waals surface area contributed by atoms with E-state index in [0.717, 1.165) is 31.7 Å². The van der Waals surface area contributed by atoms with Crippen LogP contribution in [0.15, 0.2) is 18.3 Å². The van der Waals surface area contributed by atoms with Gasteiger partial charge in [-0.15, -0.1) is 0 Å². The van der Waals surface area contributed by atoms with Gasteiger partial charge in [-0.1, -0.05) is 0 Å². The third-order valence-electron chi connectivity index (χ3n) is 5.15. The van der Waals surface area contributed by atoms with Gasteiger partial charge in [-0.05, 0) is 37.8 Å². The van der Waals surface area contributed by atoms with E-state index in [-0.39, 0.29) is 11.9 Å². The van der Waals surface area contributed by atoms with Gasteiger partial charge in [0.1, 0.15) is 5.82 Å². The van der Waals surface area contributed by atoms with Crippen LogP contribution in [0.5, 0.6) is 0 Å². The van der Waals surface area contributed by atoms with Gasteiger partial charge in [0, 0.05) is 37.4 Å². The number of rotatable bonds is 3. The largest absolute Gasteiger partial charge is 0.378 e. The molecule has 3 fully saturated rings. The number of nitrogens with one attached hydrogen (secondary N) is 2. The SMILES string of the molecule is O=C(NC1CC2CCC(C1)N2)c1cccnc1N1CCOCC1. The highest BCUT2D eigenvalue weighted by Crippen LogP contribution is 2.27. The van der Waals surface area contributed by atoms with Crippen molar-refractivity contribution >= 4 is 11.7 Å². The highest BCUT2D eigenvalue weighted by molar-refractivity contribution is 5.99. The lowest BCUT2D eigenvalue weighted by molar-refractivity contribution is 0.0922. The molecule has 124 valence electrons. The van der Waals surface area contributed by atoms with Crippen molar-refractivity contribution in [3.05, 3.63) is 23.9 Å². The Morgan fingerprint density at radius 3 is 2.74 bits per heavy atom. The maximum atomic E-state index is 12.8. The topological polar surface area (TPSA) is 66.5 Å². The van der Waals surface area contributed by atoms with E-state index < -0.39 is 0 Å². The first-order valence-electron chi connectivity index (χ1n) is 8.64. The Bertz CT molecular complexity index is 561. The predicted molar refractivity (Wildman–Crippen MR) is 87.7 cm³/mol. The van der Waals surface area contributed by atoms with Crippen molar-refractivity contribution in [1.29, 1.82) is 0 Å². The first-order chi connectivity index (χ1) is 11.3. The summed E-state index contributed by atoms with van der Waals surface area (Å²) >= 11 is 0. The second-order valence-corrected chi connectivity index (χ2v) is 6.75. The molecule has 3 saturated heterocycles. The van der Waals surface area contributed by atoms with E-state index in [0.29, 0.717) is 30.9 Å². The van der Waals surface area contributed by atoms with E-state index in [1.807, 2.05) is 12.1 Å². The van der Waals surface area contributed by atoms with Crippen LogP contribution < -0.4 is 15.5 Å². The zero-order valence-electron chi connectivity index (χ0n) is 13.3. The molecule has 0 spiro atoms. The molecule has 1 aromatic rings. The van der Waals surface area contributed by atoms with Crippen molar-refractivity contribution in [1.82, 2.24) is 15.6 Å². The Morgan fingerprint density at radius 2 is 2.00 bits per heavy atom. The molecular weight excluding hydrogens is 292 g/mol. The highest BCUT2D eigenvalue weighted by atomic mass is 16.5. The fourth-order valence-electron chi connectivity index (χ4n) is 4.04. The predicted octanol–water partition coefficient (Wildman–Crippen LogP) is 0.931. The minimum atomic E-state index is 0.00546. The molecule has 0 radical (unpaired) electrons. The van der Waals surface area contributed by atoms with Crippen LogP contribution in [0, 0.1) is 0 Å². The number of piperidine rings is 1. The van der Waals surface area contributed by atoms with Gasteiger partial charge in [0.15, 0.2) is 0 Å². The molecule has 3 aliphatic heterocycles. The van der Waals surface area contributed by atoms with Crippen molar-refractivity contribution in [3.63, 3.8) is 0 Å². The zero-order valence-corrected chi connectivity index (χ0v) is 13.3. The van der Waals surface area contributed by atoms with E-state index in [1.165, 1.54) is 12.8 Å². The van der Waals surface area contributed by atoms with E-state index in [2.05, 4.69) is 20.5 Å². The Balaban J connectivity index is 1.47. The number of hydrogen-bond acceptors (Lipinski definition) is 5. The number of hydrogen-bond donors (Lipinski definition) is 2. The summed E-state index contributed by atoms with van der Waals surface area (Å²) in [6, 6.07) is 5.14. The van der Waals surface area contributed by atoms with Crippen LogP contribution in [0.4, 0.5) is 5.82 Å². The molecule has 6 heteroatoms. The molecule has 2 N–H and O–H groups in total. The monoisotopic (exact) mass is 316 g/mol. The van der Waals surface area contributed by atoms with Crippen LogP contribution >= 0.6 is 0 Å². The van der Waals surface area contributed by atoms with Gasteiger partial charge in [-0.2, -0.15) is 0 Å². The molecule has 1 amide bonds. The average Bonchev–Trinajstić information content (AvgIpc) is 2.94. The standard InChI is InChI=1S/C17H24N4O2/c22-17(20-14-10-12-3-4-13(11-14)19-12)15-2-1-5-18-16(15)21-6-8-23-9-7-21/h1-2,5,12-14,19H,3-4,6-11H2,(H,20,22). The van der Waals surface area contributed by atoms with Crippen molar-refractivity contribution in [3.8, 4) is 0 Å². The summed E-state index contributed by atoms with van der Waals surface area (Å²) in [5.74, 6) is 0.788. The molecule has 4 rings (SSSR count). The van der Waals surface area contributed by atoms with E-state index in [9.17, 15) is 4.79 Å². The van der Waals surface area contributed by atoms with Crippen LogP contribution in [0.1, 0.15) is 36.0 Å². The minimum Gasteiger partial charge on any atom is -0.378 e. The molecule has 0 saturated carbocycles. The quantitative estimate of drug-likeness (QED) is 0.868. The van der Waals surface area contributed by atoms with Gasteiger partial charge in [0.2, 0.25) is 0 Å². The molecular formula is C17H24N4O2. The fourth-order valence-corrected chi connectivity index (χ4v) is 4.04. The molecule has 1 aromatic heterocycles. The number of carbonyl (C=O) groups excluding carboxylic acids is 1. The highest BCUT2D eigenvalue weighted by Gasteiger charge is 2.34. The second kappa shape index (κ2) is 6.45. The average molecular weight is 316 g/mol. The first-order valence-corrected chi connectivity index (χ1v) is 8.64. The van der Waals surface area contributed by atoms with Crippen LogP contribution in [-0.2, 0) is 4.74 Å². The third kappa shape index (κ3) is 3.19. The van der Waals surface area contributed by atoms with E-state index >= 15 is 0 Å². The number of nitrogens with zero attached hydrogens (tertiary/aromatic N) is 2. The molecule has 2 unspecified atom stereocenters. The fraction of sp³-hybridized carbons (Fsp3) is 0.647. The molecule has 2 atom stereocenters. The van der Waals surface area contributed by atoms with Gasteiger partial charge in [0.25, 0.3) is 5.91 Å². The van der Waals surface area contributed by atoms with Gasteiger partial charge in [-0.25, -0.2) is 4.98 Å². The van der Waals surface area contributed by atoms with Gasteiger partial charge < -0.3 is 20.3 Å². The first kappa shape index (κ1) is 14.9. The maximum absolute atomic E-state index is 12.8. The summed E-state index contributed by atoms with van der Waals surface area (Å²) in [6.45, 7) is 2.95. The summed E-state index contributed by atoms with van der Waals surface area (Å²) < 4.78 is 5.40. The molecule has 6 nitrogen and oxygen atoms in total. The number of aromatic nitrogens is 1. The zero-order chi connectivity index (χ0) is 15.6. The summed E-state index contributed by atoms with van der Waals surface area (Å²) in [6.07, 6.45) is 6.31. The molecule has 2 bridgehead atoms. The Morgan fingerprint density at radius 1 is 1.26 bits per heavy atom. The molecule has 23 heavy (non-hydrogen) atoms. The lowest BCUT2D eigenvalue weighted by Crippen LogP contribution is -2.48. The minimum absolute atomic E-state index is 0.00546. The smallest absolute Gasteiger partial charge is 0.255 e. The number of morpholine rings is 1. The lowest BCUT2D eigenvalue weighted by atomic mass is 9.99. The van der Waals surface area contributed by atoms with Crippen molar-refractivity contribution in [2.45, 2.75) is 43.8 Å². The number of anilines is 1. The van der Waals surface area contributed by atoms with Gasteiger partial charge in [0.05, 0.1) is 18.8 Å². The molecule has 0 aromatic carbocycles. The van der Waals surface area contributed by atoms with Crippen molar-refractivity contribution in [2.24, 2.45) is 0 Å². The van der Waals surface area contributed by atoms with Crippen LogP contribution in [0.3, 0.4) is 0 Å². The molecule has 4 heterocycles. The van der Waals surface area contributed by atoms with Crippen LogP contribution in [0.2, 0.25) is 0 Å². The van der Waals surface area contributed by atoms with Gasteiger partial charge >= 0.3 is 0 Å². The molecule has 3 aliphatic rings. The van der Waals surface area contributed by atoms with E-state index in [4.69, 9.17) is 4.74 Å². The van der Waals surface area contributed by atoms with Crippen molar-refractivity contribution in [2.75, 3.05) is 31.2 Å². The summed E-state index contributed by atoms with van der Waals surface area (Å²) in [5.41, 5.74) is 0.681. The summed E-state index contributed by atoms with van der Waals surface area (Å²) in [4.78, 5) is 19.4. The third-order valence-corrected chi connectivity index (χ3v) is 5.15. The summed E-state index contributed by atoms with van der Waals surface area (Å²) in [5, 5.41) is 6.85. The normalized spacial score (nSPS) is 30.3. The number of amides is 1. The number of carbonyl (C=O) groups is 1. The van der Waals surface area contributed by atoms with Gasteiger partial charge in [-0.3, -0.25) is 4.79 Å². The Hall–Kier alpha value is -1.66. The Labute approximate surface area is 136 Å². The lowest BCUT2D eigenvalue weighted by Gasteiger charge is -2.31.